The number of β-amino-alcohol motifs (C(OH)–C–C–N with tert-alkyl or cyclic N) is 1. The summed E-state index contributed by atoms with van der Waals surface area (Å²) in [5.41, 5.74) is 3.54. The number of fused-ring (bicyclic) bond motifs is 1. The van der Waals surface area contributed by atoms with Gasteiger partial charge in [0.15, 0.2) is 0 Å². The highest BCUT2D eigenvalue weighted by molar-refractivity contribution is 5.98. The average molecular weight is 426 g/mol. The molecule has 0 aliphatic carbocycles. The number of aliphatic hydroxyl groups is 1. The summed E-state index contributed by atoms with van der Waals surface area (Å²) < 4.78 is 7.20. The molecule has 2 aliphatic rings. The summed E-state index contributed by atoms with van der Waals surface area (Å²) in [5.74, 6) is 0.167. The van der Waals surface area contributed by atoms with Crippen molar-refractivity contribution in [3.05, 3.63) is 63.1 Å². The molecule has 0 bridgehead atoms. The Labute approximate surface area is 182 Å². The Morgan fingerprint density at radius 1 is 1.19 bits per heavy atom. The molecule has 3 heterocycles. The van der Waals surface area contributed by atoms with Gasteiger partial charge in [0.2, 0.25) is 0 Å². The molecule has 1 aromatic heterocycles. The Bertz CT molecular complexity index is 1020. The van der Waals surface area contributed by atoms with Crippen molar-refractivity contribution >= 4 is 5.91 Å². The van der Waals surface area contributed by atoms with E-state index in [1.54, 1.807) is 9.47 Å². The summed E-state index contributed by atoms with van der Waals surface area (Å²) >= 11 is 0. The molecule has 1 unspecified atom stereocenters. The van der Waals surface area contributed by atoms with Crippen molar-refractivity contribution in [1.82, 2.24) is 14.4 Å². The number of carbonyl (C=O) groups excluding carboxylic acids is 1. The fourth-order valence-corrected chi connectivity index (χ4v) is 4.71. The Hall–Kier alpha value is -2.64. The zero-order chi connectivity index (χ0) is 22.0. The number of methoxy groups -OCH3 is 1. The van der Waals surface area contributed by atoms with E-state index in [0.717, 1.165) is 31.7 Å². The van der Waals surface area contributed by atoms with Gasteiger partial charge >= 0.3 is 0 Å². The summed E-state index contributed by atoms with van der Waals surface area (Å²) in [5, 5.41) is 10.0. The number of aryl methyl sites for hydroxylation is 1. The third kappa shape index (κ3) is 4.67. The summed E-state index contributed by atoms with van der Waals surface area (Å²) in [7, 11) is 1.49. The lowest BCUT2D eigenvalue weighted by Gasteiger charge is -2.31. The third-order valence-corrected chi connectivity index (χ3v) is 6.29. The Balaban J connectivity index is 1.63. The van der Waals surface area contributed by atoms with E-state index in [0.29, 0.717) is 43.8 Å². The van der Waals surface area contributed by atoms with E-state index in [-0.39, 0.29) is 11.5 Å². The molecular weight excluding hydrogens is 394 g/mol. The smallest absolute Gasteiger partial charge is 0.259 e. The van der Waals surface area contributed by atoms with E-state index in [2.05, 4.69) is 36.1 Å². The molecule has 7 nitrogen and oxygen atoms in total. The zero-order valence-electron chi connectivity index (χ0n) is 18.3. The van der Waals surface area contributed by atoms with Crippen LogP contribution in [0.25, 0.3) is 0 Å². The molecule has 2 aliphatic heterocycles. The van der Waals surface area contributed by atoms with Crippen LogP contribution in [0.2, 0.25) is 0 Å². The number of hydrogen-bond acceptors (Lipinski definition) is 5. The van der Waals surface area contributed by atoms with Gasteiger partial charge in [-0.1, -0.05) is 29.8 Å². The van der Waals surface area contributed by atoms with Gasteiger partial charge in [-0.2, -0.15) is 0 Å². The van der Waals surface area contributed by atoms with Crippen LogP contribution in [0, 0.1) is 6.92 Å². The molecule has 2 aromatic rings. The maximum Gasteiger partial charge on any atom is 0.259 e. The van der Waals surface area contributed by atoms with Crippen molar-refractivity contribution in [2.45, 2.75) is 45.4 Å². The summed E-state index contributed by atoms with van der Waals surface area (Å²) in [6.07, 6.45) is 1.57. The van der Waals surface area contributed by atoms with Crippen LogP contribution >= 0.6 is 0 Å². The molecule has 1 aromatic carbocycles. The van der Waals surface area contributed by atoms with E-state index >= 15 is 0 Å². The van der Waals surface area contributed by atoms with Crippen molar-refractivity contribution < 1.29 is 14.6 Å². The zero-order valence-corrected chi connectivity index (χ0v) is 18.3. The highest BCUT2D eigenvalue weighted by atomic mass is 16.5. The first kappa shape index (κ1) is 21.6. The molecule has 4 rings (SSSR count). The monoisotopic (exact) mass is 425 g/mol. The van der Waals surface area contributed by atoms with Gasteiger partial charge in [0.05, 0.1) is 13.2 Å². The average Bonchev–Trinajstić information content (AvgIpc) is 2.96. The lowest BCUT2D eigenvalue weighted by atomic mass is 10.0. The summed E-state index contributed by atoms with van der Waals surface area (Å²) in [6.45, 7) is 5.85. The molecule has 1 N–H and O–H groups in total. The van der Waals surface area contributed by atoms with Gasteiger partial charge in [0.1, 0.15) is 11.3 Å². The van der Waals surface area contributed by atoms with Gasteiger partial charge in [-0.3, -0.25) is 14.5 Å². The molecule has 7 heteroatoms. The molecule has 1 fully saturated rings. The van der Waals surface area contributed by atoms with E-state index < -0.39 is 6.10 Å². The number of pyridine rings is 1. The SMILES string of the molecule is COc1cc(=O)n2c(c1C(=O)N1CCCC(O)C1)CCN(Cc1cccc(C)c1)CC2. The molecular formula is C24H31N3O4. The molecule has 0 saturated carbocycles. The van der Waals surface area contributed by atoms with Crippen molar-refractivity contribution in [1.29, 1.82) is 0 Å². The van der Waals surface area contributed by atoms with Crippen LogP contribution in [0.1, 0.15) is 40.0 Å². The molecule has 1 atom stereocenters. The van der Waals surface area contributed by atoms with Gasteiger partial charge in [-0.05, 0) is 25.3 Å². The predicted molar refractivity (Wildman–Crippen MR) is 119 cm³/mol. The van der Waals surface area contributed by atoms with Gasteiger partial charge in [-0.25, -0.2) is 0 Å². The van der Waals surface area contributed by atoms with Crippen molar-refractivity contribution in [2.24, 2.45) is 0 Å². The normalized spacial score (nSPS) is 19.6. The van der Waals surface area contributed by atoms with Crippen LogP contribution in [0.3, 0.4) is 0 Å². The highest BCUT2D eigenvalue weighted by Gasteiger charge is 2.30. The maximum absolute atomic E-state index is 13.4. The second-order valence-corrected chi connectivity index (χ2v) is 8.59. The fraction of sp³-hybridized carbons (Fsp3) is 0.500. The van der Waals surface area contributed by atoms with Gasteiger partial charge < -0.3 is 19.3 Å². The topological polar surface area (TPSA) is 75.0 Å². The molecule has 166 valence electrons. The third-order valence-electron chi connectivity index (χ3n) is 6.29. The van der Waals surface area contributed by atoms with Crippen molar-refractivity contribution in [3.63, 3.8) is 0 Å². The summed E-state index contributed by atoms with van der Waals surface area (Å²) in [4.78, 5) is 30.3. The number of hydrogen-bond donors (Lipinski definition) is 1. The second kappa shape index (κ2) is 9.24. The van der Waals surface area contributed by atoms with Crippen LogP contribution < -0.4 is 10.3 Å². The van der Waals surface area contributed by atoms with Crippen molar-refractivity contribution in [2.75, 3.05) is 33.3 Å². The number of nitrogens with zero attached hydrogens (tertiary/aromatic N) is 3. The lowest BCUT2D eigenvalue weighted by molar-refractivity contribution is 0.0469. The Morgan fingerprint density at radius 3 is 2.77 bits per heavy atom. The second-order valence-electron chi connectivity index (χ2n) is 8.59. The molecule has 0 spiro atoms. The van der Waals surface area contributed by atoms with E-state index in [1.807, 2.05) is 0 Å². The maximum atomic E-state index is 13.4. The molecule has 0 radical (unpaired) electrons. The van der Waals surface area contributed by atoms with Crippen LogP contribution in [-0.2, 0) is 19.5 Å². The number of aliphatic hydroxyl groups excluding tert-OH is 1. The van der Waals surface area contributed by atoms with E-state index in [4.69, 9.17) is 4.74 Å². The minimum absolute atomic E-state index is 0.139. The first-order valence-electron chi connectivity index (χ1n) is 11.0. The number of carbonyl (C=O) groups is 1. The van der Waals surface area contributed by atoms with Crippen molar-refractivity contribution in [3.8, 4) is 5.75 Å². The number of ether oxygens (including phenoxy) is 1. The van der Waals surface area contributed by atoms with E-state index in [9.17, 15) is 14.7 Å². The standard InChI is InChI=1S/C24H31N3O4/c1-17-5-3-6-18(13-17)15-25-10-8-20-23(24(30)26-9-4-7-19(28)16-26)21(31-2)14-22(29)27(20)12-11-25/h3,5-6,13-14,19,28H,4,7-12,15-16H2,1-2H3. The largest absolute Gasteiger partial charge is 0.496 e. The van der Waals surface area contributed by atoms with Gasteiger partial charge in [0.25, 0.3) is 11.5 Å². The number of benzene rings is 1. The van der Waals surface area contributed by atoms with Gasteiger partial charge in [-0.15, -0.1) is 0 Å². The first-order chi connectivity index (χ1) is 15.0. The first-order valence-corrected chi connectivity index (χ1v) is 11.0. The summed E-state index contributed by atoms with van der Waals surface area (Å²) in [6, 6.07) is 9.88. The van der Waals surface area contributed by atoms with Crippen LogP contribution in [0.15, 0.2) is 35.1 Å². The Morgan fingerprint density at radius 2 is 2.03 bits per heavy atom. The van der Waals surface area contributed by atoms with Gasteiger partial charge in [0, 0.05) is 57.4 Å². The minimum atomic E-state index is -0.501. The van der Waals surface area contributed by atoms with E-state index in [1.165, 1.54) is 24.3 Å². The number of amides is 1. The predicted octanol–water partition coefficient (Wildman–Crippen LogP) is 1.82. The lowest BCUT2D eigenvalue weighted by Crippen LogP contribution is -2.43. The number of aromatic nitrogens is 1. The number of likely N-dealkylation sites (tertiary alicyclic amines) is 1. The van der Waals surface area contributed by atoms with Crippen LogP contribution in [0.4, 0.5) is 0 Å². The quantitative estimate of drug-likeness (QED) is 0.809. The number of rotatable bonds is 4. The Kier molecular flexibility index (Phi) is 6.43. The molecule has 31 heavy (non-hydrogen) atoms. The fourth-order valence-electron chi connectivity index (χ4n) is 4.71. The number of piperidine rings is 1. The van der Waals surface area contributed by atoms with Crippen LogP contribution in [0.5, 0.6) is 5.75 Å². The van der Waals surface area contributed by atoms with Crippen LogP contribution in [-0.4, -0.2) is 64.8 Å². The highest BCUT2D eigenvalue weighted by Crippen LogP contribution is 2.26. The molecule has 1 saturated heterocycles. The molecule has 1 amide bonds. The minimum Gasteiger partial charge on any atom is -0.496 e.